The molecule has 7 heteroatoms. The Balaban J connectivity index is 1.83. The van der Waals surface area contributed by atoms with E-state index in [9.17, 15) is 9.59 Å². The third-order valence-corrected chi connectivity index (χ3v) is 5.50. The van der Waals surface area contributed by atoms with Gasteiger partial charge in [0.15, 0.2) is 0 Å². The molecule has 0 aliphatic carbocycles. The summed E-state index contributed by atoms with van der Waals surface area (Å²) in [5.74, 6) is -0.441. The van der Waals surface area contributed by atoms with E-state index in [-0.39, 0.29) is 16.8 Å². The second-order valence-electron chi connectivity index (χ2n) is 6.22. The zero-order valence-electron chi connectivity index (χ0n) is 14.3. The minimum Gasteiger partial charge on any atom is -0.325 e. The monoisotopic (exact) mass is 410 g/mol. The minimum absolute atomic E-state index is 0.158. The maximum atomic E-state index is 12.8. The van der Waals surface area contributed by atoms with E-state index in [0.29, 0.717) is 28.7 Å². The van der Waals surface area contributed by atoms with Gasteiger partial charge in [-0.05, 0) is 49.7 Å². The maximum absolute atomic E-state index is 12.8. The molecule has 1 fully saturated rings. The Bertz CT molecular complexity index is 885. The summed E-state index contributed by atoms with van der Waals surface area (Å²) in [7, 11) is 0. The second-order valence-corrected chi connectivity index (χ2v) is 7.47. The fourth-order valence-corrected chi connectivity index (χ4v) is 3.64. The van der Waals surface area contributed by atoms with Crippen molar-refractivity contribution >= 4 is 52.3 Å². The molecule has 1 aliphatic heterocycles. The van der Waals surface area contributed by atoms with Crippen LogP contribution in [0.1, 0.15) is 22.8 Å². The number of carbonyl (C=O) groups is 2. The van der Waals surface area contributed by atoms with Gasteiger partial charge in [-0.1, -0.05) is 40.9 Å². The van der Waals surface area contributed by atoms with Gasteiger partial charge in [-0.3, -0.25) is 9.59 Å². The molecule has 1 heterocycles. The number of nitrogens with zero attached hydrogens (tertiary/aromatic N) is 2. The van der Waals surface area contributed by atoms with E-state index in [2.05, 4.69) is 0 Å². The summed E-state index contributed by atoms with van der Waals surface area (Å²) in [6.45, 7) is 4.41. The molecule has 0 N–H and O–H groups in total. The van der Waals surface area contributed by atoms with Gasteiger partial charge in [-0.2, -0.15) is 0 Å². The molecule has 26 heavy (non-hydrogen) atoms. The molecule has 1 unspecified atom stereocenters. The van der Waals surface area contributed by atoms with Crippen molar-refractivity contribution in [3.8, 4) is 0 Å². The number of rotatable bonds is 2. The van der Waals surface area contributed by atoms with E-state index in [0.717, 1.165) is 11.3 Å². The summed E-state index contributed by atoms with van der Waals surface area (Å²) >= 11 is 18.2. The van der Waals surface area contributed by atoms with E-state index < -0.39 is 6.04 Å². The quantitative estimate of drug-likeness (QED) is 0.710. The average Bonchev–Trinajstić information content (AvgIpc) is 2.59. The summed E-state index contributed by atoms with van der Waals surface area (Å²) in [6, 6.07) is 9.61. The Morgan fingerprint density at radius 2 is 1.77 bits per heavy atom. The molecule has 0 bridgehead atoms. The van der Waals surface area contributed by atoms with Crippen molar-refractivity contribution in [2.75, 3.05) is 18.0 Å². The summed E-state index contributed by atoms with van der Waals surface area (Å²) in [5.41, 5.74) is 2.01. The molecule has 3 rings (SSSR count). The van der Waals surface area contributed by atoms with E-state index in [1.807, 2.05) is 19.1 Å². The molecular weight excluding hydrogens is 395 g/mol. The van der Waals surface area contributed by atoms with E-state index >= 15 is 0 Å². The van der Waals surface area contributed by atoms with Crippen LogP contribution in [0.3, 0.4) is 0 Å². The Kier molecular flexibility index (Phi) is 5.47. The van der Waals surface area contributed by atoms with E-state index in [4.69, 9.17) is 34.8 Å². The zero-order valence-corrected chi connectivity index (χ0v) is 16.6. The molecular formula is C19H17Cl3N2O2. The maximum Gasteiger partial charge on any atom is 0.256 e. The van der Waals surface area contributed by atoms with Crippen molar-refractivity contribution in [3.05, 3.63) is 62.6 Å². The Morgan fingerprint density at radius 3 is 2.42 bits per heavy atom. The zero-order chi connectivity index (χ0) is 19.0. The first-order chi connectivity index (χ1) is 12.3. The lowest BCUT2D eigenvalue weighted by Crippen LogP contribution is -2.57. The summed E-state index contributed by atoms with van der Waals surface area (Å²) in [4.78, 5) is 28.9. The first-order valence-electron chi connectivity index (χ1n) is 8.13. The number of benzene rings is 2. The van der Waals surface area contributed by atoms with Gasteiger partial charge in [0.05, 0.1) is 10.6 Å². The van der Waals surface area contributed by atoms with Crippen LogP contribution in [0.15, 0.2) is 36.4 Å². The lowest BCUT2D eigenvalue weighted by atomic mass is 10.1. The molecule has 1 atom stereocenters. The predicted octanol–water partition coefficient (Wildman–Crippen LogP) is 4.83. The lowest BCUT2D eigenvalue weighted by molar-refractivity contribution is -0.124. The molecule has 2 aromatic rings. The highest BCUT2D eigenvalue weighted by Crippen LogP contribution is 2.28. The van der Waals surface area contributed by atoms with Crippen molar-refractivity contribution in [1.82, 2.24) is 4.90 Å². The molecule has 0 spiro atoms. The molecule has 1 saturated heterocycles. The van der Waals surface area contributed by atoms with Gasteiger partial charge in [0.1, 0.15) is 6.04 Å². The second kappa shape index (κ2) is 7.47. The van der Waals surface area contributed by atoms with Crippen molar-refractivity contribution < 1.29 is 9.59 Å². The van der Waals surface area contributed by atoms with Crippen LogP contribution in [0.5, 0.6) is 0 Å². The average molecular weight is 412 g/mol. The van der Waals surface area contributed by atoms with Crippen LogP contribution in [0.2, 0.25) is 15.1 Å². The molecule has 2 amide bonds. The third kappa shape index (κ3) is 3.54. The largest absolute Gasteiger partial charge is 0.325 e. The van der Waals surface area contributed by atoms with Gasteiger partial charge >= 0.3 is 0 Å². The molecule has 0 aromatic heterocycles. The fourth-order valence-electron chi connectivity index (χ4n) is 2.97. The first-order valence-corrected chi connectivity index (χ1v) is 9.26. The van der Waals surface area contributed by atoms with Crippen LogP contribution in [-0.2, 0) is 4.79 Å². The van der Waals surface area contributed by atoms with Gasteiger partial charge in [-0.25, -0.2) is 0 Å². The molecule has 2 aromatic carbocycles. The predicted molar refractivity (Wildman–Crippen MR) is 106 cm³/mol. The summed E-state index contributed by atoms with van der Waals surface area (Å²) < 4.78 is 0. The van der Waals surface area contributed by atoms with Gasteiger partial charge < -0.3 is 9.80 Å². The van der Waals surface area contributed by atoms with Crippen LogP contribution in [0.25, 0.3) is 0 Å². The van der Waals surface area contributed by atoms with Gasteiger partial charge in [-0.15, -0.1) is 0 Å². The highest BCUT2D eigenvalue weighted by molar-refractivity contribution is 6.36. The third-order valence-electron chi connectivity index (χ3n) is 4.54. The summed E-state index contributed by atoms with van der Waals surface area (Å²) in [5, 5.41) is 1.33. The van der Waals surface area contributed by atoms with Crippen LogP contribution < -0.4 is 4.90 Å². The molecule has 0 radical (unpaired) electrons. The number of aryl methyl sites for hydroxylation is 1. The SMILES string of the molecule is Cc1ccc(N2CCN(C(=O)c3ccc(Cl)cc3Cl)C(C)C2=O)cc1Cl. The lowest BCUT2D eigenvalue weighted by Gasteiger charge is -2.39. The van der Waals surface area contributed by atoms with Gasteiger partial charge in [0, 0.05) is 28.8 Å². The Morgan fingerprint density at radius 1 is 1.04 bits per heavy atom. The van der Waals surface area contributed by atoms with Crippen molar-refractivity contribution in [2.24, 2.45) is 0 Å². The Labute approximate surface area is 167 Å². The summed E-state index contributed by atoms with van der Waals surface area (Å²) in [6.07, 6.45) is 0. The highest BCUT2D eigenvalue weighted by atomic mass is 35.5. The fraction of sp³-hybridized carbons (Fsp3) is 0.263. The van der Waals surface area contributed by atoms with Crippen LogP contribution in [0.4, 0.5) is 5.69 Å². The number of carbonyl (C=O) groups excluding carboxylic acids is 2. The first kappa shape index (κ1) is 19.0. The van der Waals surface area contributed by atoms with Crippen molar-refractivity contribution in [2.45, 2.75) is 19.9 Å². The molecule has 136 valence electrons. The smallest absolute Gasteiger partial charge is 0.256 e. The van der Waals surface area contributed by atoms with Gasteiger partial charge in [0.2, 0.25) is 5.91 Å². The van der Waals surface area contributed by atoms with Crippen LogP contribution in [0, 0.1) is 6.92 Å². The van der Waals surface area contributed by atoms with E-state index in [1.165, 1.54) is 11.0 Å². The number of amides is 2. The van der Waals surface area contributed by atoms with E-state index in [1.54, 1.807) is 30.0 Å². The number of piperazine rings is 1. The number of anilines is 1. The van der Waals surface area contributed by atoms with Gasteiger partial charge in [0.25, 0.3) is 5.91 Å². The van der Waals surface area contributed by atoms with Crippen molar-refractivity contribution in [3.63, 3.8) is 0 Å². The standard InChI is InChI=1S/C19H17Cl3N2O2/c1-11-3-5-14(10-16(11)21)24-8-7-23(12(2)18(24)25)19(26)15-6-4-13(20)9-17(15)22/h3-6,9-10,12H,7-8H2,1-2H3. The van der Waals surface area contributed by atoms with Crippen molar-refractivity contribution in [1.29, 1.82) is 0 Å². The van der Waals surface area contributed by atoms with Crippen LogP contribution in [-0.4, -0.2) is 35.8 Å². The highest BCUT2D eigenvalue weighted by Gasteiger charge is 2.36. The number of halogens is 3. The Hall–Kier alpha value is -1.75. The number of hydrogen-bond acceptors (Lipinski definition) is 2. The van der Waals surface area contributed by atoms with Crippen LogP contribution >= 0.6 is 34.8 Å². The molecule has 1 aliphatic rings. The molecule has 0 saturated carbocycles. The molecule has 4 nitrogen and oxygen atoms in total. The minimum atomic E-state index is -0.608. The number of hydrogen-bond donors (Lipinski definition) is 0. The topological polar surface area (TPSA) is 40.6 Å². The normalized spacial score (nSPS) is 17.6.